The number of nitrogens with one attached hydrogen (secondary N) is 2. The lowest BCUT2D eigenvalue weighted by molar-refractivity contribution is 0.222. The summed E-state index contributed by atoms with van der Waals surface area (Å²) in [5.41, 5.74) is 0. The minimum atomic E-state index is 0.0436. The lowest BCUT2D eigenvalue weighted by atomic mass is 10.2. The number of thioether (sulfide) groups is 1. The molecule has 2 atom stereocenters. The van der Waals surface area contributed by atoms with Crippen molar-refractivity contribution in [3.05, 3.63) is 0 Å². The van der Waals surface area contributed by atoms with Gasteiger partial charge in [0.15, 0.2) is 0 Å². The topological polar surface area (TPSA) is 72.0 Å². The maximum Gasteiger partial charge on any atom is 0.323 e. The van der Waals surface area contributed by atoms with Crippen LogP contribution in [0.1, 0.15) is 40.0 Å². The zero-order valence-corrected chi connectivity index (χ0v) is 14.0. The normalized spacial score (nSPS) is 21.6. The summed E-state index contributed by atoms with van der Waals surface area (Å²) in [6, 6.07) is 0.809. The van der Waals surface area contributed by atoms with E-state index in [1.54, 1.807) is 0 Å². The fourth-order valence-electron chi connectivity index (χ4n) is 2.39. The zero-order chi connectivity index (χ0) is 15.2. The average Bonchev–Trinajstić information content (AvgIpc) is 2.85. The highest BCUT2D eigenvalue weighted by Crippen LogP contribution is 2.30. The van der Waals surface area contributed by atoms with Gasteiger partial charge in [-0.15, -0.1) is 0 Å². The molecule has 1 saturated carbocycles. The van der Waals surface area contributed by atoms with Crippen molar-refractivity contribution in [2.24, 2.45) is 0 Å². The van der Waals surface area contributed by atoms with Gasteiger partial charge in [0.05, 0.1) is 6.10 Å². The number of rotatable bonds is 7. The van der Waals surface area contributed by atoms with Crippen LogP contribution in [0.2, 0.25) is 0 Å². The van der Waals surface area contributed by atoms with Gasteiger partial charge in [-0.2, -0.15) is 26.7 Å². The van der Waals surface area contributed by atoms with Crippen LogP contribution in [0, 0.1) is 0 Å². The molecule has 2 unspecified atom stereocenters. The molecule has 1 heterocycles. The van der Waals surface area contributed by atoms with Gasteiger partial charge in [-0.25, -0.2) is 0 Å². The van der Waals surface area contributed by atoms with E-state index >= 15 is 0 Å². The second-order valence-electron chi connectivity index (χ2n) is 5.47. The summed E-state index contributed by atoms with van der Waals surface area (Å²) in [6.45, 7) is 6.70. The third-order valence-electron chi connectivity index (χ3n) is 3.34. The molecule has 0 aliphatic heterocycles. The summed E-state index contributed by atoms with van der Waals surface area (Å²) >= 11 is 1.94. The van der Waals surface area contributed by atoms with Gasteiger partial charge in [0.2, 0.25) is 11.9 Å². The van der Waals surface area contributed by atoms with E-state index in [1.165, 1.54) is 6.42 Å². The maximum atomic E-state index is 5.60. The fourth-order valence-corrected chi connectivity index (χ4v) is 3.19. The number of aromatic nitrogens is 3. The van der Waals surface area contributed by atoms with Crippen molar-refractivity contribution in [1.82, 2.24) is 15.0 Å². The summed E-state index contributed by atoms with van der Waals surface area (Å²) in [6.07, 6.45) is 5.78. The predicted molar refractivity (Wildman–Crippen MR) is 88.3 cm³/mol. The first-order valence-corrected chi connectivity index (χ1v) is 8.85. The highest BCUT2D eigenvalue weighted by atomic mass is 32.2. The van der Waals surface area contributed by atoms with Gasteiger partial charge >= 0.3 is 6.01 Å². The molecule has 6 nitrogen and oxygen atoms in total. The van der Waals surface area contributed by atoms with Crippen molar-refractivity contribution >= 4 is 23.7 Å². The summed E-state index contributed by atoms with van der Waals surface area (Å²) in [5, 5.41) is 7.28. The lowest BCUT2D eigenvalue weighted by Crippen LogP contribution is -2.20. The minimum absolute atomic E-state index is 0.0436. The Morgan fingerprint density at radius 1 is 1.24 bits per heavy atom. The molecular weight excluding hydrogens is 286 g/mol. The van der Waals surface area contributed by atoms with Crippen molar-refractivity contribution in [3.8, 4) is 6.01 Å². The van der Waals surface area contributed by atoms with Crippen molar-refractivity contribution in [2.75, 3.05) is 23.4 Å². The monoisotopic (exact) mass is 311 g/mol. The quantitative estimate of drug-likeness (QED) is 0.802. The van der Waals surface area contributed by atoms with Gasteiger partial charge in [0, 0.05) is 17.8 Å². The van der Waals surface area contributed by atoms with E-state index in [4.69, 9.17) is 4.74 Å². The van der Waals surface area contributed by atoms with E-state index in [-0.39, 0.29) is 6.10 Å². The molecule has 1 aromatic heterocycles. The van der Waals surface area contributed by atoms with Crippen molar-refractivity contribution in [1.29, 1.82) is 0 Å². The predicted octanol–water partition coefficient (Wildman–Crippen LogP) is 2.79. The SMILES string of the molecule is CCNc1nc(NC2CCC(SC)C2)nc(OC(C)C)n1. The molecule has 0 saturated heterocycles. The number of hydrogen-bond donors (Lipinski definition) is 2. The Hall–Kier alpha value is -1.24. The first-order valence-electron chi connectivity index (χ1n) is 7.56. The van der Waals surface area contributed by atoms with Crippen LogP contribution in [-0.2, 0) is 0 Å². The Bertz CT molecular complexity index is 457. The fraction of sp³-hybridized carbons (Fsp3) is 0.786. The van der Waals surface area contributed by atoms with E-state index in [0.717, 1.165) is 24.6 Å². The highest BCUT2D eigenvalue weighted by Gasteiger charge is 2.24. The molecule has 7 heteroatoms. The Labute approximate surface area is 130 Å². The van der Waals surface area contributed by atoms with Gasteiger partial charge in [0.25, 0.3) is 0 Å². The van der Waals surface area contributed by atoms with Crippen molar-refractivity contribution in [2.45, 2.75) is 57.4 Å². The van der Waals surface area contributed by atoms with Gasteiger partial charge < -0.3 is 15.4 Å². The molecule has 2 N–H and O–H groups in total. The van der Waals surface area contributed by atoms with Crippen LogP contribution >= 0.6 is 11.8 Å². The molecular formula is C14H25N5OS. The lowest BCUT2D eigenvalue weighted by Gasteiger charge is -2.15. The van der Waals surface area contributed by atoms with Crippen LogP contribution in [0.4, 0.5) is 11.9 Å². The molecule has 1 fully saturated rings. The van der Waals surface area contributed by atoms with Crippen LogP contribution in [0.5, 0.6) is 6.01 Å². The average molecular weight is 311 g/mol. The largest absolute Gasteiger partial charge is 0.461 e. The van der Waals surface area contributed by atoms with Crippen LogP contribution in [0.3, 0.4) is 0 Å². The first kappa shape index (κ1) is 16.1. The standard InChI is InChI=1S/C14H25N5OS/c1-5-15-12-17-13(19-14(18-12)20-9(2)3)16-10-6-7-11(8-10)21-4/h9-11H,5-8H2,1-4H3,(H2,15,16,17,18,19). The van der Waals surface area contributed by atoms with E-state index in [9.17, 15) is 0 Å². The molecule has 0 bridgehead atoms. The zero-order valence-electron chi connectivity index (χ0n) is 13.2. The number of ether oxygens (including phenoxy) is 1. The van der Waals surface area contributed by atoms with Crippen LogP contribution in [0.25, 0.3) is 0 Å². The van der Waals surface area contributed by atoms with Crippen molar-refractivity contribution < 1.29 is 4.74 Å². The molecule has 1 aromatic rings. The molecule has 2 rings (SSSR count). The van der Waals surface area contributed by atoms with Crippen LogP contribution < -0.4 is 15.4 Å². The first-order chi connectivity index (χ1) is 10.1. The minimum Gasteiger partial charge on any atom is -0.461 e. The Morgan fingerprint density at radius 2 is 2.00 bits per heavy atom. The van der Waals surface area contributed by atoms with E-state index in [1.807, 2.05) is 32.5 Å². The third-order valence-corrected chi connectivity index (χ3v) is 4.44. The summed E-state index contributed by atoms with van der Waals surface area (Å²) in [4.78, 5) is 13.1. The number of nitrogens with zero attached hydrogens (tertiary/aromatic N) is 3. The van der Waals surface area contributed by atoms with Gasteiger partial charge in [-0.3, -0.25) is 0 Å². The van der Waals surface area contributed by atoms with Gasteiger partial charge in [-0.1, -0.05) is 0 Å². The maximum absolute atomic E-state index is 5.60. The summed E-state index contributed by atoms with van der Waals surface area (Å²) in [5.74, 6) is 1.16. The molecule has 1 aliphatic rings. The van der Waals surface area contributed by atoms with E-state index in [0.29, 0.717) is 23.9 Å². The number of anilines is 2. The molecule has 118 valence electrons. The Morgan fingerprint density at radius 3 is 2.62 bits per heavy atom. The summed E-state index contributed by atoms with van der Waals surface area (Å²) in [7, 11) is 0. The Balaban J connectivity index is 2.08. The molecule has 21 heavy (non-hydrogen) atoms. The smallest absolute Gasteiger partial charge is 0.323 e. The summed E-state index contributed by atoms with van der Waals surface area (Å²) < 4.78 is 5.60. The molecule has 0 amide bonds. The van der Waals surface area contributed by atoms with E-state index < -0.39 is 0 Å². The van der Waals surface area contributed by atoms with Crippen molar-refractivity contribution in [3.63, 3.8) is 0 Å². The molecule has 0 spiro atoms. The molecule has 1 aliphatic carbocycles. The van der Waals surface area contributed by atoms with Gasteiger partial charge in [0.1, 0.15) is 0 Å². The number of hydrogen-bond acceptors (Lipinski definition) is 7. The van der Waals surface area contributed by atoms with Gasteiger partial charge in [-0.05, 0) is 46.3 Å². The molecule has 0 radical (unpaired) electrons. The van der Waals surface area contributed by atoms with Crippen LogP contribution in [-0.4, -0.2) is 45.1 Å². The highest BCUT2D eigenvalue weighted by molar-refractivity contribution is 7.99. The third kappa shape index (κ3) is 4.91. The second-order valence-corrected chi connectivity index (χ2v) is 6.61. The Kier molecular flexibility index (Phi) is 5.90. The van der Waals surface area contributed by atoms with E-state index in [2.05, 4.69) is 31.8 Å². The second kappa shape index (κ2) is 7.68. The van der Waals surface area contributed by atoms with Crippen LogP contribution in [0.15, 0.2) is 0 Å². The molecule has 0 aromatic carbocycles.